The highest BCUT2D eigenvalue weighted by atomic mass is 79.9. The number of amides is 1. The second-order valence-electron chi connectivity index (χ2n) is 5.38. The molecule has 0 atom stereocenters. The molecule has 2 rings (SSSR count). The summed E-state index contributed by atoms with van der Waals surface area (Å²) in [5, 5.41) is 14.5. The van der Waals surface area contributed by atoms with Crippen LogP contribution >= 0.6 is 15.9 Å². The van der Waals surface area contributed by atoms with Gasteiger partial charge in [-0.25, -0.2) is 0 Å². The monoisotopic (exact) mass is 343 g/mol. The van der Waals surface area contributed by atoms with E-state index in [1.807, 2.05) is 0 Å². The predicted molar refractivity (Wildman–Crippen MR) is 79.1 cm³/mol. The first kappa shape index (κ1) is 15.0. The fourth-order valence-corrected chi connectivity index (χ4v) is 3.40. The van der Waals surface area contributed by atoms with Crippen LogP contribution in [0.5, 0.6) is 0 Å². The van der Waals surface area contributed by atoms with Crippen molar-refractivity contribution in [1.82, 2.24) is 9.88 Å². The summed E-state index contributed by atoms with van der Waals surface area (Å²) in [7, 11) is 1.64. The van der Waals surface area contributed by atoms with E-state index in [1.165, 1.54) is 23.3 Å². The van der Waals surface area contributed by atoms with Crippen LogP contribution in [0.15, 0.2) is 12.3 Å². The number of carbonyl (C=O) groups is 1. The summed E-state index contributed by atoms with van der Waals surface area (Å²) in [6.45, 7) is 0. The second kappa shape index (κ2) is 5.95. The summed E-state index contributed by atoms with van der Waals surface area (Å²) in [6.07, 6.45) is 6.63. The first-order chi connectivity index (χ1) is 9.47. The number of carbonyl (C=O) groups excluding carboxylic acids is 1. The minimum atomic E-state index is -0.488. The lowest BCUT2D eigenvalue weighted by atomic mass is 9.83. The zero-order chi connectivity index (χ0) is 14.8. The van der Waals surface area contributed by atoms with Crippen LogP contribution in [0.4, 0.5) is 5.69 Å². The van der Waals surface area contributed by atoms with Gasteiger partial charge in [0.05, 0.1) is 16.7 Å². The molecule has 1 aromatic rings. The zero-order valence-electron chi connectivity index (χ0n) is 11.4. The van der Waals surface area contributed by atoms with Gasteiger partial charge in [-0.15, -0.1) is 0 Å². The lowest BCUT2D eigenvalue weighted by Gasteiger charge is -2.36. The van der Waals surface area contributed by atoms with Crippen LogP contribution in [0, 0.1) is 10.1 Å². The first-order valence-corrected chi connectivity index (χ1v) is 7.79. The molecule has 1 aliphatic carbocycles. The van der Waals surface area contributed by atoms with Crippen molar-refractivity contribution in [1.29, 1.82) is 0 Å². The maximum absolute atomic E-state index is 12.4. The number of halogens is 1. The Balaban J connectivity index is 2.16. The van der Waals surface area contributed by atoms with Crippen LogP contribution < -0.4 is 5.32 Å². The average Bonchev–Trinajstić information content (AvgIpc) is 2.82. The number of hydrogen-bond acceptors (Lipinski definition) is 3. The van der Waals surface area contributed by atoms with E-state index in [4.69, 9.17) is 0 Å². The molecule has 0 bridgehead atoms. The highest BCUT2D eigenvalue weighted by Gasteiger charge is 2.33. The number of hydrogen-bond donors (Lipinski definition) is 1. The fourth-order valence-electron chi connectivity index (χ4n) is 2.70. The number of aromatic nitrogens is 1. The summed E-state index contributed by atoms with van der Waals surface area (Å²) in [6, 6.07) is 1.32. The lowest BCUT2D eigenvalue weighted by molar-refractivity contribution is -0.384. The summed E-state index contributed by atoms with van der Waals surface area (Å²) in [5.41, 5.74) is 0.0331. The van der Waals surface area contributed by atoms with Gasteiger partial charge in [-0.05, 0) is 12.8 Å². The second-order valence-corrected chi connectivity index (χ2v) is 5.94. The van der Waals surface area contributed by atoms with Gasteiger partial charge in [0.2, 0.25) is 0 Å². The van der Waals surface area contributed by atoms with E-state index in [9.17, 15) is 14.9 Å². The standard InChI is InChI=1S/C13H18BrN3O3/c1-16-8-10(17(19)20)7-11(16)12(18)15-13(9-14)5-3-2-4-6-13/h7-8H,2-6,9H2,1H3,(H,15,18). The summed E-state index contributed by atoms with van der Waals surface area (Å²) in [4.78, 5) is 22.6. The van der Waals surface area contributed by atoms with Gasteiger partial charge in [0.25, 0.3) is 11.6 Å². The Bertz CT molecular complexity index is 521. The van der Waals surface area contributed by atoms with Crippen LogP contribution in [0.3, 0.4) is 0 Å². The Labute approximate surface area is 125 Å². The van der Waals surface area contributed by atoms with Crippen LogP contribution in [-0.4, -0.2) is 26.3 Å². The number of nitrogens with one attached hydrogen (secondary N) is 1. The van der Waals surface area contributed by atoms with E-state index in [-0.39, 0.29) is 17.1 Å². The topological polar surface area (TPSA) is 77.2 Å². The number of aryl methyl sites for hydroxylation is 1. The molecular weight excluding hydrogens is 326 g/mol. The minimum absolute atomic E-state index is 0.0609. The van der Waals surface area contributed by atoms with Crippen LogP contribution in [0.25, 0.3) is 0 Å². The molecule has 1 aliphatic rings. The molecule has 1 heterocycles. The number of rotatable bonds is 4. The smallest absolute Gasteiger partial charge is 0.287 e. The molecule has 1 aromatic heterocycles. The molecule has 1 fully saturated rings. The summed E-state index contributed by atoms with van der Waals surface area (Å²) >= 11 is 3.49. The van der Waals surface area contributed by atoms with Gasteiger partial charge in [0, 0.05) is 18.4 Å². The normalized spacial score (nSPS) is 17.7. The summed E-state index contributed by atoms with van der Waals surface area (Å²) in [5.74, 6) is -0.248. The molecule has 110 valence electrons. The van der Waals surface area contributed by atoms with E-state index in [1.54, 1.807) is 7.05 Å². The van der Waals surface area contributed by atoms with Gasteiger partial charge in [0.15, 0.2) is 0 Å². The quantitative estimate of drug-likeness (QED) is 0.518. The van der Waals surface area contributed by atoms with Crippen molar-refractivity contribution in [3.63, 3.8) is 0 Å². The SMILES string of the molecule is Cn1cc([N+](=O)[O-])cc1C(=O)NC1(CBr)CCCCC1. The van der Waals surface area contributed by atoms with Crippen molar-refractivity contribution in [3.05, 3.63) is 28.1 Å². The molecule has 20 heavy (non-hydrogen) atoms. The van der Waals surface area contributed by atoms with Crippen molar-refractivity contribution in [2.45, 2.75) is 37.6 Å². The van der Waals surface area contributed by atoms with E-state index in [0.717, 1.165) is 25.7 Å². The maximum atomic E-state index is 12.4. The lowest BCUT2D eigenvalue weighted by Crippen LogP contribution is -2.51. The van der Waals surface area contributed by atoms with Crippen molar-refractivity contribution < 1.29 is 9.72 Å². The number of alkyl halides is 1. The summed E-state index contributed by atoms with van der Waals surface area (Å²) < 4.78 is 1.50. The highest BCUT2D eigenvalue weighted by molar-refractivity contribution is 9.09. The largest absolute Gasteiger partial charge is 0.344 e. The van der Waals surface area contributed by atoms with Crippen LogP contribution in [-0.2, 0) is 7.05 Å². The average molecular weight is 344 g/mol. The van der Waals surface area contributed by atoms with Crippen molar-refractivity contribution in [2.75, 3.05) is 5.33 Å². The maximum Gasteiger partial charge on any atom is 0.287 e. The Kier molecular flexibility index (Phi) is 4.47. The molecule has 6 nitrogen and oxygen atoms in total. The molecule has 0 aliphatic heterocycles. The van der Waals surface area contributed by atoms with Crippen molar-refractivity contribution >= 4 is 27.5 Å². The van der Waals surface area contributed by atoms with Gasteiger partial charge >= 0.3 is 0 Å². The third-order valence-corrected chi connectivity index (χ3v) is 4.95. The van der Waals surface area contributed by atoms with Gasteiger partial charge < -0.3 is 9.88 Å². The molecule has 0 aromatic carbocycles. The van der Waals surface area contributed by atoms with Gasteiger partial charge in [-0.3, -0.25) is 14.9 Å². The molecule has 0 saturated heterocycles. The Morgan fingerprint density at radius 3 is 2.65 bits per heavy atom. The first-order valence-electron chi connectivity index (χ1n) is 6.67. The van der Waals surface area contributed by atoms with E-state index in [0.29, 0.717) is 11.0 Å². The van der Waals surface area contributed by atoms with Crippen LogP contribution in [0.1, 0.15) is 42.6 Å². The van der Waals surface area contributed by atoms with E-state index >= 15 is 0 Å². The van der Waals surface area contributed by atoms with Crippen molar-refractivity contribution in [2.24, 2.45) is 7.05 Å². The molecule has 0 radical (unpaired) electrons. The Morgan fingerprint density at radius 2 is 2.15 bits per heavy atom. The molecule has 1 amide bonds. The van der Waals surface area contributed by atoms with E-state index < -0.39 is 4.92 Å². The third kappa shape index (κ3) is 3.03. The highest BCUT2D eigenvalue weighted by Crippen LogP contribution is 2.30. The Hall–Kier alpha value is -1.37. The van der Waals surface area contributed by atoms with Gasteiger partial charge in [-0.1, -0.05) is 35.2 Å². The third-order valence-electron chi connectivity index (χ3n) is 3.88. The van der Waals surface area contributed by atoms with Gasteiger partial charge in [0.1, 0.15) is 5.69 Å². The Morgan fingerprint density at radius 1 is 1.50 bits per heavy atom. The number of nitrogens with zero attached hydrogens (tertiary/aromatic N) is 2. The zero-order valence-corrected chi connectivity index (χ0v) is 13.0. The molecule has 0 unspecified atom stereocenters. The molecule has 7 heteroatoms. The predicted octanol–water partition coefficient (Wildman–Crippen LogP) is 2.76. The van der Waals surface area contributed by atoms with Crippen molar-refractivity contribution in [3.8, 4) is 0 Å². The van der Waals surface area contributed by atoms with Crippen LogP contribution in [0.2, 0.25) is 0 Å². The fraction of sp³-hybridized carbons (Fsp3) is 0.615. The molecule has 1 saturated carbocycles. The molecular formula is C13H18BrN3O3. The van der Waals surface area contributed by atoms with Gasteiger partial charge in [-0.2, -0.15) is 0 Å². The molecule has 0 spiro atoms. The van der Waals surface area contributed by atoms with E-state index in [2.05, 4.69) is 21.2 Å². The molecule has 1 N–H and O–H groups in total. The number of nitro groups is 1. The minimum Gasteiger partial charge on any atom is -0.344 e.